The third kappa shape index (κ3) is 6.50. The molecular formula is C24H23NO4. The third-order valence-electron chi connectivity index (χ3n) is 4.21. The van der Waals surface area contributed by atoms with Crippen molar-refractivity contribution < 1.29 is 19.1 Å². The monoisotopic (exact) mass is 389 g/mol. The van der Waals surface area contributed by atoms with Gasteiger partial charge in [0.1, 0.15) is 18.1 Å². The largest absolute Gasteiger partial charge is 0.469 e. The van der Waals surface area contributed by atoms with Crippen molar-refractivity contribution in [1.82, 2.24) is 0 Å². The van der Waals surface area contributed by atoms with Crippen LogP contribution in [0, 0.1) is 0 Å². The summed E-state index contributed by atoms with van der Waals surface area (Å²) in [4.78, 5) is 17.0. The number of ether oxygens (including phenoxy) is 2. The Kier molecular flexibility index (Phi) is 7.41. The maximum atomic E-state index is 11.5. The number of rotatable bonds is 9. The SMILES string of the molecule is COC(=O)CC/C(=N/OCc1ccc(Oc2ccccc2)cc1)c1ccccc1. The molecule has 3 rings (SSSR count). The third-order valence-corrected chi connectivity index (χ3v) is 4.21. The van der Waals surface area contributed by atoms with Gasteiger partial charge in [0.05, 0.1) is 19.2 Å². The normalized spacial score (nSPS) is 11.0. The van der Waals surface area contributed by atoms with Crippen molar-refractivity contribution in [3.8, 4) is 11.5 Å². The quantitative estimate of drug-likeness (QED) is 0.281. The molecule has 5 heteroatoms. The van der Waals surface area contributed by atoms with E-state index in [2.05, 4.69) is 5.16 Å². The first-order valence-corrected chi connectivity index (χ1v) is 9.37. The molecule has 0 unspecified atom stereocenters. The van der Waals surface area contributed by atoms with Gasteiger partial charge in [0.25, 0.3) is 0 Å². The molecule has 0 aromatic heterocycles. The van der Waals surface area contributed by atoms with Crippen LogP contribution in [-0.2, 0) is 21.0 Å². The van der Waals surface area contributed by atoms with Crippen molar-refractivity contribution in [3.05, 3.63) is 96.1 Å². The van der Waals surface area contributed by atoms with Gasteiger partial charge in [0, 0.05) is 6.42 Å². The summed E-state index contributed by atoms with van der Waals surface area (Å²) in [7, 11) is 1.38. The summed E-state index contributed by atoms with van der Waals surface area (Å²) >= 11 is 0. The topological polar surface area (TPSA) is 57.1 Å². The number of benzene rings is 3. The number of methoxy groups -OCH3 is 1. The molecule has 3 aromatic rings. The lowest BCUT2D eigenvalue weighted by molar-refractivity contribution is -0.140. The van der Waals surface area contributed by atoms with E-state index in [0.29, 0.717) is 18.7 Å². The van der Waals surface area contributed by atoms with Crippen LogP contribution < -0.4 is 4.74 Å². The number of hydrogen-bond acceptors (Lipinski definition) is 5. The second kappa shape index (κ2) is 10.7. The first kappa shape index (κ1) is 20.1. The van der Waals surface area contributed by atoms with Crippen LogP contribution in [0.15, 0.2) is 90.1 Å². The first-order chi connectivity index (χ1) is 14.2. The summed E-state index contributed by atoms with van der Waals surface area (Å²) in [5, 5.41) is 4.26. The number of nitrogens with zero attached hydrogens (tertiary/aromatic N) is 1. The zero-order valence-electron chi connectivity index (χ0n) is 16.3. The molecule has 0 radical (unpaired) electrons. The Morgan fingerprint density at radius 3 is 2.07 bits per heavy atom. The highest BCUT2D eigenvalue weighted by Gasteiger charge is 2.09. The van der Waals surface area contributed by atoms with Gasteiger partial charge in [-0.25, -0.2) is 0 Å². The molecule has 0 N–H and O–H groups in total. The van der Waals surface area contributed by atoms with Crippen LogP contribution in [0.2, 0.25) is 0 Å². The van der Waals surface area contributed by atoms with E-state index in [-0.39, 0.29) is 12.4 Å². The maximum Gasteiger partial charge on any atom is 0.305 e. The van der Waals surface area contributed by atoms with Crippen molar-refractivity contribution in [3.63, 3.8) is 0 Å². The second-order valence-corrected chi connectivity index (χ2v) is 6.31. The van der Waals surface area contributed by atoms with Gasteiger partial charge in [0.2, 0.25) is 0 Å². The Morgan fingerprint density at radius 2 is 1.41 bits per heavy atom. The van der Waals surface area contributed by atoms with Gasteiger partial charge in [-0.3, -0.25) is 4.79 Å². The van der Waals surface area contributed by atoms with E-state index in [4.69, 9.17) is 14.3 Å². The average molecular weight is 389 g/mol. The van der Waals surface area contributed by atoms with Crippen LogP contribution >= 0.6 is 0 Å². The molecule has 0 spiro atoms. The van der Waals surface area contributed by atoms with Crippen molar-refractivity contribution in [2.45, 2.75) is 19.4 Å². The molecule has 3 aromatic carbocycles. The highest BCUT2D eigenvalue weighted by Crippen LogP contribution is 2.21. The predicted octanol–water partition coefficient (Wildman–Crippen LogP) is 5.35. The van der Waals surface area contributed by atoms with Gasteiger partial charge in [-0.05, 0) is 35.4 Å². The summed E-state index contributed by atoms with van der Waals surface area (Å²) in [5.41, 5.74) is 2.59. The molecule has 5 nitrogen and oxygen atoms in total. The molecule has 0 atom stereocenters. The number of oxime groups is 1. The number of para-hydroxylation sites is 1. The van der Waals surface area contributed by atoms with E-state index >= 15 is 0 Å². The summed E-state index contributed by atoms with van der Waals surface area (Å²) in [5.74, 6) is 1.27. The molecule has 29 heavy (non-hydrogen) atoms. The molecule has 0 saturated carbocycles. The highest BCUT2D eigenvalue weighted by molar-refractivity contribution is 6.01. The molecular weight excluding hydrogens is 366 g/mol. The van der Waals surface area contributed by atoms with Crippen molar-refractivity contribution in [2.75, 3.05) is 7.11 Å². The van der Waals surface area contributed by atoms with E-state index in [0.717, 1.165) is 22.6 Å². The summed E-state index contributed by atoms with van der Waals surface area (Å²) in [6.45, 7) is 0.320. The molecule has 0 saturated heterocycles. The van der Waals surface area contributed by atoms with Gasteiger partial charge in [0.15, 0.2) is 0 Å². The van der Waals surface area contributed by atoms with Crippen molar-refractivity contribution in [1.29, 1.82) is 0 Å². The molecule has 0 amide bonds. The lowest BCUT2D eigenvalue weighted by atomic mass is 10.1. The lowest BCUT2D eigenvalue weighted by Crippen LogP contribution is -2.08. The number of hydrogen-bond donors (Lipinski definition) is 0. The molecule has 0 bridgehead atoms. The van der Waals surface area contributed by atoms with E-state index in [9.17, 15) is 4.79 Å². The van der Waals surface area contributed by atoms with Crippen LogP contribution in [0.5, 0.6) is 11.5 Å². The van der Waals surface area contributed by atoms with E-state index in [1.165, 1.54) is 7.11 Å². The van der Waals surface area contributed by atoms with Crippen molar-refractivity contribution in [2.24, 2.45) is 5.16 Å². The van der Waals surface area contributed by atoms with Crippen LogP contribution in [-0.4, -0.2) is 18.8 Å². The van der Waals surface area contributed by atoms with Gasteiger partial charge in [-0.2, -0.15) is 0 Å². The second-order valence-electron chi connectivity index (χ2n) is 6.31. The van der Waals surface area contributed by atoms with E-state index in [1.807, 2.05) is 84.9 Å². The predicted molar refractivity (Wildman–Crippen MR) is 112 cm³/mol. The highest BCUT2D eigenvalue weighted by atomic mass is 16.6. The minimum Gasteiger partial charge on any atom is -0.469 e. The fraction of sp³-hybridized carbons (Fsp3) is 0.167. The van der Waals surface area contributed by atoms with Crippen LogP contribution in [0.3, 0.4) is 0 Å². The molecule has 0 aliphatic rings. The number of carbonyl (C=O) groups excluding carboxylic acids is 1. The molecule has 0 aliphatic heterocycles. The minimum absolute atomic E-state index is 0.249. The fourth-order valence-corrected chi connectivity index (χ4v) is 2.66. The number of esters is 1. The van der Waals surface area contributed by atoms with Crippen LogP contribution in [0.1, 0.15) is 24.0 Å². The minimum atomic E-state index is -0.275. The van der Waals surface area contributed by atoms with E-state index in [1.54, 1.807) is 0 Å². The average Bonchev–Trinajstić information content (AvgIpc) is 2.78. The Balaban J connectivity index is 1.60. The van der Waals surface area contributed by atoms with Gasteiger partial charge in [-0.1, -0.05) is 65.8 Å². The Hall–Kier alpha value is -3.60. The number of carbonyl (C=O) groups is 1. The zero-order chi connectivity index (χ0) is 20.3. The molecule has 0 aliphatic carbocycles. The Morgan fingerprint density at radius 1 is 0.793 bits per heavy atom. The summed E-state index contributed by atoms with van der Waals surface area (Å²) < 4.78 is 10.5. The van der Waals surface area contributed by atoms with Crippen molar-refractivity contribution >= 4 is 11.7 Å². The van der Waals surface area contributed by atoms with Gasteiger partial charge in [-0.15, -0.1) is 0 Å². The lowest BCUT2D eigenvalue weighted by Gasteiger charge is -2.08. The summed E-state index contributed by atoms with van der Waals surface area (Å²) in [6.07, 6.45) is 0.694. The Labute approximate surface area is 170 Å². The molecule has 0 heterocycles. The zero-order valence-corrected chi connectivity index (χ0v) is 16.3. The van der Waals surface area contributed by atoms with Gasteiger partial charge >= 0.3 is 5.97 Å². The van der Waals surface area contributed by atoms with Crippen LogP contribution in [0.4, 0.5) is 0 Å². The van der Waals surface area contributed by atoms with Gasteiger partial charge < -0.3 is 14.3 Å². The standard InChI is InChI=1S/C24H23NO4/c1-27-24(26)17-16-23(20-8-4-2-5-9-20)25-28-18-19-12-14-22(15-13-19)29-21-10-6-3-7-11-21/h2-15H,16-18H2,1H3/b25-23-. The first-order valence-electron chi connectivity index (χ1n) is 9.37. The van der Waals surface area contributed by atoms with Crippen LogP contribution in [0.25, 0.3) is 0 Å². The fourth-order valence-electron chi connectivity index (χ4n) is 2.66. The smallest absolute Gasteiger partial charge is 0.305 e. The van der Waals surface area contributed by atoms with E-state index < -0.39 is 0 Å². The Bertz CT molecular complexity index is 922. The molecule has 148 valence electrons. The maximum absolute atomic E-state index is 11.5. The summed E-state index contributed by atoms with van der Waals surface area (Å²) in [6, 6.07) is 26.9. The molecule has 0 fully saturated rings.